The molecule has 3 aromatic rings. The molecular weight excluding hydrogens is 386 g/mol. The van der Waals surface area contributed by atoms with Crippen molar-refractivity contribution in [1.82, 2.24) is 15.0 Å². The average Bonchev–Trinajstić information content (AvgIpc) is 3.17. The summed E-state index contributed by atoms with van der Waals surface area (Å²) in [6, 6.07) is 11.5. The third-order valence-electron chi connectivity index (χ3n) is 4.89. The van der Waals surface area contributed by atoms with Gasteiger partial charge in [0.1, 0.15) is 5.69 Å². The molecule has 0 radical (unpaired) electrons. The second-order valence-corrected chi connectivity index (χ2v) is 7.75. The van der Waals surface area contributed by atoms with Crippen LogP contribution in [0.15, 0.2) is 53.9 Å². The first-order chi connectivity index (χ1) is 14.0. The van der Waals surface area contributed by atoms with E-state index in [1.165, 1.54) is 5.56 Å². The van der Waals surface area contributed by atoms with Crippen LogP contribution in [0.4, 0.5) is 11.4 Å². The van der Waals surface area contributed by atoms with Crippen molar-refractivity contribution in [3.05, 3.63) is 71.3 Å². The Kier molecular flexibility index (Phi) is 5.46. The van der Waals surface area contributed by atoms with Gasteiger partial charge in [-0.2, -0.15) is 0 Å². The number of rotatable bonds is 5. The fourth-order valence-corrected chi connectivity index (χ4v) is 3.50. The Morgan fingerprint density at radius 1 is 1.17 bits per heavy atom. The van der Waals surface area contributed by atoms with Crippen molar-refractivity contribution in [3.8, 4) is 0 Å². The monoisotopic (exact) mass is 407 g/mol. The quantitative estimate of drug-likeness (QED) is 0.480. The van der Waals surface area contributed by atoms with Gasteiger partial charge in [0.15, 0.2) is 0 Å². The Hall–Kier alpha value is -2.97. The minimum atomic E-state index is -0.250. The van der Waals surface area contributed by atoms with Gasteiger partial charge in [-0.1, -0.05) is 26.0 Å². The van der Waals surface area contributed by atoms with Crippen LogP contribution in [0.1, 0.15) is 47.1 Å². The highest BCUT2D eigenvalue weighted by molar-refractivity contribution is 7.93. The number of anilines is 2. The molecule has 3 heterocycles. The lowest BCUT2D eigenvalue weighted by atomic mass is 10.0. The molecular formula is C21H21N5O2S. The molecule has 0 fully saturated rings. The number of nitrogens with one attached hydrogen (secondary N) is 1. The minimum Gasteiger partial charge on any atom is -0.361 e. The third-order valence-corrected chi connectivity index (χ3v) is 5.25. The maximum Gasteiger partial charge on any atom is 0.274 e. The van der Waals surface area contributed by atoms with Crippen molar-refractivity contribution < 1.29 is 9.35 Å². The third kappa shape index (κ3) is 4.23. The zero-order valence-corrected chi connectivity index (χ0v) is 17.0. The number of carbonyl (C=O) groups excluding carboxylic acids is 1. The molecule has 2 aromatic heterocycles. The van der Waals surface area contributed by atoms with E-state index in [1.807, 2.05) is 30.3 Å². The Morgan fingerprint density at radius 3 is 2.69 bits per heavy atom. The highest BCUT2D eigenvalue weighted by Gasteiger charge is 2.22. The van der Waals surface area contributed by atoms with Crippen LogP contribution < -0.4 is 10.2 Å². The molecule has 0 unspecified atom stereocenters. The Balaban J connectivity index is 1.48. The van der Waals surface area contributed by atoms with E-state index in [0.717, 1.165) is 22.6 Å². The molecule has 0 atom stereocenters. The van der Waals surface area contributed by atoms with Gasteiger partial charge < -0.3 is 14.8 Å². The number of hydrogen-bond acceptors (Lipinski definition) is 7. The number of fused-ring (bicyclic) bond motifs is 1. The van der Waals surface area contributed by atoms with Crippen molar-refractivity contribution >= 4 is 29.3 Å². The maximum atomic E-state index is 12.7. The highest BCUT2D eigenvalue weighted by Crippen LogP contribution is 2.28. The molecule has 0 aliphatic carbocycles. The van der Waals surface area contributed by atoms with E-state index in [1.54, 1.807) is 18.5 Å². The van der Waals surface area contributed by atoms with Crippen LogP contribution in [-0.2, 0) is 13.1 Å². The molecule has 1 aliphatic rings. The van der Waals surface area contributed by atoms with Crippen LogP contribution in [-0.4, -0.2) is 25.4 Å². The summed E-state index contributed by atoms with van der Waals surface area (Å²) in [5.41, 5.74) is 5.09. The molecule has 1 aliphatic heterocycles. The fourth-order valence-electron chi connectivity index (χ4n) is 3.25. The van der Waals surface area contributed by atoms with Gasteiger partial charge in [-0.25, -0.2) is 9.97 Å². The van der Waals surface area contributed by atoms with Crippen LogP contribution in [0, 0.1) is 0 Å². The lowest BCUT2D eigenvalue weighted by Crippen LogP contribution is -2.18. The molecule has 4 rings (SSSR count). The van der Waals surface area contributed by atoms with Gasteiger partial charge in [-0.05, 0) is 35.7 Å². The van der Waals surface area contributed by atoms with Gasteiger partial charge in [0.25, 0.3) is 5.91 Å². The van der Waals surface area contributed by atoms with E-state index in [0.29, 0.717) is 41.9 Å². The number of amides is 1. The summed E-state index contributed by atoms with van der Waals surface area (Å²) in [4.78, 5) is 27.4. The standard InChI is InChI=1S/C21H21N5O2S/c1-13(2)14-3-5-16(6-4-14)24-20(27)18-9-17(7-8-22-18)26-11-15-10-23-21(29-28)25-19(15)12-26/h3-10,13,28H,11-12H2,1-2H3,(H,24,27). The summed E-state index contributed by atoms with van der Waals surface area (Å²) in [5.74, 6) is 0.194. The predicted molar refractivity (Wildman–Crippen MR) is 113 cm³/mol. The Bertz CT molecular complexity index is 1040. The molecule has 1 aromatic carbocycles. The summed E-state index contributed by atoms with van der Waals surface area (Å²) in [5, 5.41) is 3.24. The molecule has 29 heavy (non-hydrogen) atoms. The summed E-state index contributed by atoms with van der Waals surface area (Å²) < 4.78 is 9.14. The van der Waals surface area contributed by atoms with Crippen molar-refractivity contribution in [2.45, 2.75) is 38.0 Å². The number of benzene rings is 1. The van der Waals surface area contributed by atoms with Crippen molar-refractivity contribution in [3.63, 3.8) is 0 Å². The van der Waals surface area contributed by atoms with Crippen LogP contribution in [0.2, 0.25) is 0 Å². The van der Waals surface area contributed by atoms with Gasteiger partial charge in [-0.3, -0.25) is 9.78 Å². The largest absolute Gasteiger partial charge is 0.361 e. The SMILES string of the molecule is CC(C)c1ccc(NC(=O)c2cc(N3Cc4cnc(SO)nc4C3)ccn2)cc1. The van der Waals surface area contributed by atoms with Gasteiger partial charge in [0.05, 0.1) is 24.3 Å². The molecule has 8 heteroatoms. The predicted octanol–water partition coefficient (Wildman–Crippen LogP) is 4.33. The summed E-state index contributed by atoms with van der Waals surface area (Å²) in [6.45, 7) is 5.50. The Labute approximate surface area is 173 Å². The number of nitrogens with zero attached hydrogens (tertiary/aromatic N) is 4. The zero-order chi connectivity index (χ0) is 20.4. The molecule has 1 amide bonds. The van der Waals surface area contributed by atoms with E-state index >= 15 is 0 Å². The molecule has 2 N–H and O–H groups in total. The number of hydrogen-bond donors (Lipinski definition) is 2. The van der Waals surface area contributed by atoms with Gasteiger partial charge in [0, 0.05) is 35.9 Å². The van der Waals surface area contributed by atoms with Crippen molar-refractivity contribution in [2.75, 3.05) is 10.2 Å². The van der Waals surface area contributed by atoms with Gasteiger partial charge in [0.2, 0.25) is 5.16 Å². The van der Waals surface area contributed by atoms with Crippen molar-refractivity contribution in [2.24, 2.45) is 0 Å². The highest BCUT2D eigenvalue weighted by atomic mass is 32.2. The lowest BCUT2D eigenvalue weighted by Gasteiger charge is -2.17. The van der Waals surface area contributed by atoms with E-state index in [4.69, 9.17) is 4.55 Å². The van der Waals surface area contributed by atoms with E-state index in [9.17, 15) is 4.79 Å². The van der Waals surface area contributed by atoms with E-state index in [2.05, 4.69) is 39.0 Å². The van der Waals surface area contributed by atoms with Crippen molar-refractivity contribution in [1.29, 1.82) is 0 Å². The second kappa shape index (κ2) is 8.18. The van der Waals surface area contributed by atoms with Crippen LogP contribution in [0.25, 0.3) is 0 Å². The van der Waals surface area contributed by atoms with E-state index in [-0.39, 0.29) is 5.91 Å². The second-order valence-electron chi connectivity index (χ2n) is 7.20. The first-order valence-electron chi connectivity index (χ1n) is 9.32. The smallest absolute Gasteiger partial charge is 0.274 e. The van der Waals surface area contributed by atoms with Gasteiger partial charge in [-0.15, -0.1) is 0 Å². The zero-order valence-electron chi connectivity index (χ0n) is 16.2. The molecule has 0 spiro atoms. The van der Waals surface area contributed by atoms with Crippen LogP contribution >= 0.6 is 12.0 Å². The summed E-state index contributed by atoms with van der Waals surface area (Å²) >= 11 is 0.538. The average molecular weight is 407 g/mol. The topological polar surface area (TPSA) is 91.2 Å². The number of aromatic nitrogens is 3. The lowest BCUT2D eigenvalue weighted by molar-refractivity contribution is 0.102. The first-order valence-corrected chi connectivity index (χ1v) is 10.1. The summed E-state index contributed by atoms with van der Waals surface area (Å²) in [7, 11) is 0. The molecule has 148 valence electrons. The fraction of sp³-hybridized carbons (Fsp3) is 0.238. The van der Waals surface area contributed by atoms with Crippen LogP contribution in [0.5, 0.6) is 0 Å². The molecule has 0 saturated heterocycles. The molecule has 7 nitrogen and oxygen atoms in total. The number of pyridine rings is 1. The Morgan fingerprint density at radius 2 is 1.97 bits per heavy atom. The summed E-state index contributed by atoms with van der Waals surface area (Å²) in [6.07, 6.45) is 3.37. The molecule has 0 saturated carbocycles. The van der Waals surface area contributed by atoms with Crippen LogP contribution in [0.3, 0.4) is 0 Å². The van der Waals surface area contributed by atoms with Gasteiger partial charge >= 0.3 is 0 Å². The number of carbonyl (C=O) groups is 1. The molecule has 0 bridgehead atoms. The normalized spacial score (nSPS) is 12.9. The van der Waals surface area contributed by atoms with E-state index < -0.39 is 0 Å². The minimum absolute atomic E-state index is 0.250. The maximum absolute atomic E-state index is 12.7. The first kappa shape index (κ1) is 19.4.